The highest BCUT2D eigenvalue weighted by Gasteiger charge is 2.40. The van der Waals surface area contributed by atoms with Crippen LogP contribution in [0.1, 0.15) is 17.0 Å². The quantitative estimate of drug-likeness (QED) is 0.327. The fraction of sp³-hybridized carbons (Fsp3) is 0.211. The monoisotopic (exact) mass is 509 g/mol. The van der Waals surface area contributed by atoms with Crippen molar-refractivity contribution in [1.29, 1.82) is 0 Å². The van der Waals surface area contributed by atoms with Crippen LogP contribution in [0.2, 0.25) is 0 Å². The summed E-state index contributed by atoms with van der Waals surface area (Å²) < 4.78 is 6.05. The Morgan fingerprint density at radius 2 is 2.04 bits per heavy atom. The average Bonchev–Trinajstić information content (AvgIpc) is 3.10. The van der Waals surface area contributed by atoms with Crippen molar-refractivity contribution in [2.24, 2.45) is 11.0 Å². The Morgan fingerprint density at radius 3 is 2.71 bits per heavy atom. The minimum atomic E-state index is -0.857. The lowest BCUT2D eigenvalue weighted by Gasteiger charge is -2.15. The van der Waals surface area contributed by atoms with Gasteiger partial charge in [-0.15, -0.1) is 0 Å². The van der Waals surface area contributed by atoms with E-state index in [0.29, 0.717) is 21.1 Å². The molecule has 2 atom stereocenters. The number of phenolic OH excluding ortho intramolecular Hbond substituents is 1. The van der Waals surface area contributed by atoms with Gasteiger partial charge in [-0.1, -0.05) is 30.3 Å². The molecule has 2 aromatic carbocycles. The first kappa shape index (κ1) is 20.3. The van der Waals surface area contributed by atoms with Crippen LogP contribution in [0.4, 0.5) is 0 Å². The number of phenols is 1. The number of carbonyl (C=O) groups excluding carboxylic acids is 2. The second kappa shape index (κ2) is 8.74. The van der Waals surface area contributed by atoms with Gasteiger partial charge < -0.3 is 15.2 Å². The van der Waals surface area contributed by atoms with Crippen molar-refractivity contribution in [3.63, 3.8) is 0 Å². The van der Waals surface area contributed by atoms with Gasteiger partial charge in [0.1, 0.15) is 5.92 Å². The number of amides is 2. The Balaban J connectivity index is 1.76. The summed E-state index contributed by atoms with van der Waals surface area (Å²) in [7, 11) is 1.43. The third-order valence-corrected chi connectivity index (χ3v) is 6.62. The molecule has 7 nitrogen and oxygen atoms in total. The summed E-state index contributed by atoms with van der Waals surface area (Å²) in [5, 5.41) is 16.7. The van der Waals surface area contributed by atoms with E-state index in [2.05, 4.69) is 47.7 Å². The van der Waals surface area contributed by atoms with Crippen molar-refractivity contribution in [1.82, 2.24) is 10.7 Å². The molecule has 1 saturated heterocycles. The largest absolute Gasteiger partial charge is 0.503 e. The molecule has 146 valence electrons. The molecule has 0 saturated carbocycles. The molecule has 28 heavy (non-hydrogen) atoms. The van der Waals surface area contributed by atoms with E-state index in [1.807, 2.05) is 30.3 Å². The van der Waals surface area contributed by atoms with Crippen molar-refractivity contribution >= 4 is 49.9 Å². The van der Waals surface area contributed by atoms with Crippen LogP contribution in [0.15, 0.2) is 50.4 Å². The third-order valence-electron chi connectivity index (χ3n) is 4.46. The molecule has 0 bridgehead atoms. The molecule has 0 aliphatic carbocycles. The van der Waals surface area contributed by atoms with E-state index >= 15 is 0 Å². The second-order valence-corrected chi connectivity index (χ2v) is 7.70. The lowest BCUT2D eigenvalue weighted by atomic mass is 9.88. The Kier molecular flexibility index (Phi) is 6.35. The molecule has 1 aliphatic heterocycles. The molecule has 3 N–H and O–H groups in total. The summed E-state index contributed by atoms with van der Waals surface area (Å²) in [5.41, 5.74) is 3.92. The number of methoxy groups -OCH3 is 1. The molecule has 1 fully saturated rings. The number of nitrogens with one attached hydrogen (secondary N) is 2. The van der Waals surface area contributed by atoms with Crippen LogP contribution in [-0.4, -0.2) is 36.8 Å². The third kappa shape index (κ3) is 4.05. The predicted octanol–water partition coefficient (Wildman–Crippen LogP) is 2.91. The molecule has 9 heteroatoms. The molecular weight excluding hydrogens is 494 g/mol. The van der Waals surface area contributed by atoms with Gasteiger partial charge in [0.05, 0.1) is 17.8 Å². The maximum atomic E-state index is 12.6. The Bertz CT molecular complexity index is 935. The number of halogens is 2. The maximum absolute atomic E-state index is 12.6. The van der Waals surface area contributed by atoms with Crippen LogP contribution in [0.3, 0.4) is 0 Å². The van der Waals surface area contributed by atoms with E-state index in [1.54, 1.807) is 6.07 Å². The fourth-order valence-electron chi connectivity index (χ4n) is 3.03. The molecule has 0 spiro atoms. The highest BCUT2D eigenvalue weighted by molar-refractivity contribution is 9.13. The van der Waals surface area contributed by atoms with Gasteiger partial charge >= 0.3 is 0 Å². The summed E-state index contributed by atoms with van der Waals surface area (Å²) in [6, 6.07) is 11.0. The van der Waals surface area contributed by atoms with Crippen molar-refractivity contribution in [3.8, 4) is 11.5 Å². The fourth-order valence-corrected chi connectivity index (χ4v) is 3.86. The topological polar surface area (TPSA) is 100 Å². The van der Waals surface area contributed by atoms with E-state index in [1.165, 1.54) is 13.3 Å². The minimum Gasteiger partial charge on any atom is -0.503 e. The van der Waals surface area contributed by atoms with Gasteiger partial charge in [-0.05, 0) is 43.5 Å². The number of hydrazone groups is 1. The van der Waals surface area contributed by atoms with Crippen molar-refractivity contribution in [2.45, 2.75) is 5.92 Å². The van der Waals surface area contributed by atoms with Gasteiger partial charge in [-0.2, -0.15) is 5.10 Å². The van der Waals surface area contributed by atoms with Crippen LogP contribution >= 0.6 is 31.9 Å². The van der Waals surface area contributed by atoms with Crippen LogP contribution in [0.25, 0.3) is 0 Å². The van der Waals surface area contributed by atoms with Gasteiger partial charge in [0.25, 0.3) is 5.91 Å². The minimum absolute atomic E-state index is 0.0520. The van der Waals surface area contributed by atoms with Crippen molar-refractivity contribution < 1.29 is 19.4 Å². The number of benzene rings is 2. The van der Waals surface area contributed by atoms with Gasteiger partial charge in [-0.3, -0.25) is 9.59 Å². The zero-order valence-electron chi connectivity index (χ0n) is 14.8. The van der Waals surface area contributed by atoms with E-state index in [4.69, 9.17) is 4.74 Å². The summed E-state index contributed by atoms with van der Waals surface area (Å²) in [5.74, 6) is -1.72. The number of aromatic hydroxyl groups is 1. The molecule has 2 unspecified atom stereocenters. The highest BCUT2D eigenvalue weighted by atomic mass is 79.9. The number of hydrogen-bond donors (Lipinski definition) is 3. The van der Waals surface area contributed by atoms with Crippen molar-refractivity contribution in [2.75, 3.05) is 13.7 Å². The Morgan fingerprint density at radius 1 is 1.32 bits per heavy atom. The first-order valence-corrected chi connectivity index (χ1v) is 9.93. The second-order valence-electron chi connectivity index (χ2n) is 6.12. The zero-order chi connectivity index (χ0) is 20.3. The smallest absolute Gasteiger partial charge is 0.253 e. The highest BCUT2D eigenvalue weighted by Crippen LogP contribution is 2.41. The lowest BCUT2D eigenvalue weighted by molar-refractivity contribution is -0.133. The Hall–Kier alpha value is -2.39. The van der Waals surface area contributed by atoms with Gasteiger partial charge in [0, 0.05) is 22.5 Å². The standard InChI is InChI=1S/C19H17Br2N3O4/c1-28-13-7-11(15(20)16(21)17(13)25)8-23-24-19(27)14-12(9-22-18(14)26)10-5-3-2-4-6-10/h2-8,12,14,25H,9H2,1H3,(H,22,26)(H,24,27). The van der Waals surface area contributed by atoms with Crippen LogP contribution in [0.5, 0.6) is 11.5 Å². The molecule has 3 rings (SSSR count). The Labute approximate surface area is 178 Å². The first-order chi connectivity index (χ1) is 13.4. The molecule has 1 heterocycles. The molecule has 0 radical (unpaired) electrons. The van der Waals surface area contributed by atoms with Gasteiger partial charge in [-0.25, -0.2) is 5.43 Å². The van der Waals surface area contributed by atoms with E-state index in [9.17, 15) is 14.7 Å². The average molecular weight is 511 g/mol. The molecule has 1 aliphatic rings. The number of carbonyl (C=O) groups is 2. The number of rotatable bonds is 5. The molecule has 2 amide bonds. The summed E-state index contributed by atoms with van der Waals surface area (Å²) >= 11 is 6.61. The van der Waals surface area contributed by atoms with Crippen LogP contribution < -0.4 is 15.5 Å². The SMILES string of the molecule is COc1cc(C=NNC(=O)C2C(=O)NCC2c2ccccc2)c(Br)c(Br)c1O. The molecular formula is C19H17Br2N3O4. The van der Waals surface area contributed by atoms with E-state index < -0.39 is 11.8 Å². The molecule has 2 aromatic rings. The number of nitrogens with zero attached hydrogens (tertiary/aromatic N) is 1. The van der Waals surface area contributed by atoms with Gasteiger partial charge in [0.15, 0.2) is 11.5 Å². The number of ether oxygens (including phenoxy) is 1. The first-order valence-electron chi connectivity index (χ1n) is 8.34. The molecule has 0 aromatic heterocycles. The predicted molar refractivity (Wildman–Crippen MR) is 111 cm³/mol. The zero-order valence-corrected chi connectivity index (χ0v) is 18.0. The van der Waals surface area contributed by atoms with E-state index in [-0.39, 0.29) is 23.3 Å². The van der Waals surface area contributed by atoms with E-state index in [0.717, 1.165) is 5.56 Å². The maximum Gasteiger partial charge on any atom is 0.253 e. The van der Waals surface area contributed by atoms with Crippen molar-refractivity contribution in [3.05, 3.63) is 56.5 Å². The number of hydrogen-bond acceptors (Lipinski definition) is 5. The van der Waals surface area contributed by atoms with Gasteiger partial charge in [0.2, 0.25) is 5.91 Å². The summed E-state index contributed by atoms with van der Waals surface area (Å²) in [6.07, 6.45) is 1.40. The summed E-state index contributed by atoms with van der Waals surface area (Å²) in [6.45, 7) is 0.401. The lowest BCUT2D eigenvalue weighted by Crippen LogP contribution is -2.34. The normalized spacial score (nSPS) is 18.9. The van der Waals surface area contributed by atoms with Crippen LogP contribution in [0, 0.1) is 5.92 Å². The summed E-state index contributed by atoms with van der Waals surface area (Å²) in [4.78, 5) is 24.8. The van der Waals surface area contributed by atoms with Crippen LogP contribution in [-0.2, 0) is 9.59 Å².